The summed E-state index contributed by atoms with van der Waals surface area (Å²) in [6, 6.07) is 20.2. The van der Waals surface area contributed by atoms with Gasteiger partial charge in [0.05, 0.1) is 10.9 Å². The molecule has 0 radical (unpaired) electrons. The highest BCUT2D eigenvalue weighted by Gasteiger charge is 2.22. The Morgan fingerprint density at radius 3 is 2.36 bits per heavy atom. The molecule has 0 saturated carbocycles. The molecular formula is C25H21BrClIN2O3. The summed E-state index contributed by atoms with van der Waals surface area (Å²) in [5, 5.41) is 6.25. The fraction of sp³-hybridized carbons (Fsp3) is 0.160. The molecule has 3 aromatic carbocycles. The maximum Gasteiger partial charge on any atom is 0.251 e. The van der Waals surface area contributed by atoms with Crippen LogP contribution in [0.1, 0.15) is 33.8 Å². The van der Waals surface area contributed by atoms with Crippen LogP contribution in [0.25, 0.3) is 0 Å². The Morgan fingerprint density at radius 1 is 1.03 bits per heavy atom. The van der Waals surface area contributed by atoms with E-state index in [-0.39, 0.29) is 18.2 Å². The number of aldehydes is 1. The number of hydrogen-bond acceptors (Lipinski definition) is 3. The van der Waals surface area contributed by atoms with Gasteiger partial charge >= 0.3 is 0 Å². The molecule has 2 amide bonds. The molecule has 1 unspecified atom stereocenters. The van der Waals surface area contributed by atoms with E-state index < -0.39 is 5.92 Å². The van der Waals surface area contributed by atoms with Crippen LogP contribution in [0.3, 0.4) is 0 Å². The molecule has 0 spiro atoms. The van der Waals surface area contributed by atoms with Crippen molar-refractivity contribution >= 4 is 73.9 Å². The minimum absolute atomic E-state index is 0.148. The molecule has 3 rings (SSSR count). The molecule has 0 fully saturated rings. The summed E-state index contributed by atoms with van der Waals surface area (Å²) >= 11 is 11.8. The lowest BCUT2D eigenvalue weighted by Crippen LogP contribution is -2.25. The van der Waals surface area contributed by atoms with Crippen molar-refractivity contribution in [3.63, 3.8) is 0 Å². The van der Waals surface area contributed by atoms with E-state index in [1.807, 2.05) is 48.5 Å². The maximum atomic E-state index is 13.3. The van der Waals surface area contributed by atoms with Gasteiger partial charge in [0.15, 0.2) is 0 Å². The van der Waals surface area contributed by atoms with Gasteiger partial charge in [-0.3, -0.25) is 9.59 Å². The zero-order chi connectivity index (χ0) is 23.8. The summed E-state index contributed by atoms with van der Waals surface area (Å²) in [4.78, 5) is 35.8. The molecule has 5 nitrogen and oxygen atoms in total. The fourth-order valence-corrected chi connectivity index (χ4v) is 4.02. The van der Waals surface area contributed by atoms with Crippen LogP contribution in [0.5, 0.6) is 0 Å². The van der Waals surface area contributed by atoms with Crippen LogP contribution >= 0.6 is 50.1 Å². The molecule has 0 aliphatic carbocycles. The first kappa shape index (κ1) is 25.4. The first-order valence-corrected chi connectivity index (χ1v) is 12.4. The smallest absolute Gasteiger partial charge is 0.251 e. The van der Waals surface area contributed by atoms with Crippen molar-refractivity contribution in [1.29, 1.82) is 0 Å². The maximum absolute atomic E-state index is 13.3. The molecule has 1 atom stereocenters. The van der Waals surface area contributed by atoms with Crippen LogP contribution in [0.4, 0.5) is 5.69 Å². The molecule has 0 saturated heterocycles. The van der Waals surface area contributed by atoms with Crippen molar-refractivity contribution in [2.75, 3.05) is 11.9 Å². The SMILES string of the molecule is O=CCCNC(=O)c1ccc(CC(C(=O)Nc2ccc(I)c(Cl)c2)c2ccc(Br)cc2)cc1. The van der Waals surface area contributed by atoms with Crippen LogP contribution in [0.2, 0.25) is 5.02 Å². The highest BCUT2D eigenvalue weighted by Crippen LogP contribution is 2.27. The van der Waals surface area contributed by atoms with Gasteiger partial charge in [-0.25, -0.2) is 0 Å². The summed E-state index contributed by atoms with van der Waals surface area (Å²) in [5.74, 6) is -0.824. The van der Waals surface area contributed by atoms with Gasteiger partial charge in [-0.15, -0.1) is 0 Å². The van der Waals surface area contributed by atoms with Crippen molar-refractivity contribution in [3.8, 4) is 0 Å². The van der Waals surface area contributed by atoms with Crippen LogP contribution in [0, 0.1) is 3.57 Å². The summed E-state index contributed by atoms with van der Waals surface area (Å²) in [7, 11) is 0. The molecular weight excluding hydrogens is 619 g/mol. The van der Waals surface area contributed by atoms with E-state index in [9.17, 15) is 14.4 Å². The van der Waals surface area contributed by atoms with Gasteiger partial charge in [-0.1, -0.05) is 51.8 Å². The average Bonchev–Trinajstić information content (AvgIpc) is 2.81. The summed E-state index contributed by atoms with van der Waals surface area (Å²) in [6.45, 7) is 0.304. The lowest BCUT2D eigenvalue weighted by atomic mass is 9.90. The van der Waals surface area contributed by atoms with E-state index in [1.165, 1.54) is 0 Å². The molecule has 33 heavy (non-hydrogen) atoms. The van der Waals surface area contributed by atoms with E-state index in [1.54, 1.807) is 18.2 Å². The monoisotopic (exact) mass is 638 g/mol. The second kappa shape index (κ2) is 12.3. The first-order chi connectivity index (χ1) is 15.9. The number of rotatable bonds is 9. The van der Waals surface area contributed by atoms with E-state index in [2.05, 4.69) is 49.2 Å². The quantitative estimate of drug-likeness (QED) is 0.172. The Balaban J connectivity index is 1.79. The summed E-state index contributed by atoms with van der Waals surface area (Å²) < 4.78 is 1.84. The molecule has 0 heterocycles. The predicted octanol–water partition coefficient (Wildman–Crippen LogP) is 5.99. The minimum atomic E-state index is -0.441. The molecule has 0 bridgehead atoms. The standard InChI is InChI=1S/C25H21BrClIN2O3/c26-19-8-6-17(7-9-19)21(25(33)30-20-10-11-23(28)22(27)15-20)14-16-2-4-18(5-3-16)24(32)29-12-1-13-31/h2-11,13,15,21H,1,12,14H2,(H,29,32)(H,30,33). The van der Waals surface area contributed by atoms with Crippen molar-refractivity contribution < 1.29 is 14.4 Å². The third-order valence-electron chi connectivity index (χ3n) is 4.98. The molecule has 0 aliphatic rings. The van der Waals surface area contributed by atoms with E-state index >= 15 is 0 Å². The van der Waals surface area contributed by atoms with Crippen LogP contribution in [-0.4, -0.2) is 24.6 Å². The van der Waals surface area contributed by atoms with Gasteiger partial charge in [-0.05, 0) is 82.6 Å². The topological polar surface area (TPSA) is 75.3 Å². The predicted molar refractivity (Wildman–Crippen MR) is 143 cm³/mol. The van der Waals surface area contributed by atoms with E-state index in [0.29, 0.717) is 29.2 Å². The number of carbonyl (C=O) groups is 3. The largest absolute Gasteiger partial charge is 0.352 e. The average molecular weight is 640 g/mol. The first-order valence-electron chi connectivity index (χ1n) is 10.2. The number of hydrogen-bond donors (Lipinski definition) is 2. The van der Waals surface area contributed by atoms with E-state index in [4.69, 9.17) is 11.6 Å². The number of halogens is 3. The van der Waals surface area contributed by atoms with Gasteiger partial charge in [0.2, 0.25) is 5.91 Å². The third-order valence-corrected chi connectivity index (χ3v) is 7.08. The van der Waals surface area contributed by atoms with Crippen LogP contribution in [-0.2, 0) is 16.0 Å². The Labute approximate surface area is 219 Å². The minimum Gasteiger partial charge on any atom is -0.352 e. The number of benzene rings is 3. The van der Waals surface area contributed by atoms with Gasteiger partial charge in [0.25, 0.3) is 5.91 Å². The fourth-order valence-electron chi connectivity index (χ4n) is 3.23. The normalized spacial score (nSPS) is 11.5. The second-order valence-corrected chi connectivity index (χ2v) is 9.82. The number of carbonyl (C=O) groups excluding carboxylic acids is 3. The van der Waals surface area contributed by atoms with Crippen molar-refractivity contribution in [1.82, 2.24) is 5.32 Å². The molecule has 8 heteroatoms. The van der Waals surface area contributed by atoms with Gasteiger partial charge < -0.3 is 15.4 Å². The lowest BCUT2D eigenvalue weighted by molar-refractivity contribution is -0.117. The van der Waals surface area contributed by atoms with Gasteiger partial charge in [0.1, 0.15) is 6.29 Å². The Bertz CT molecular complexity index is 1140. The van der Waals surface area contributed by atoms with Crippen LogP contribution < -0.4 is 10.6 Å². The van der Waals surface area contributed by atoms with Crippen molar-refractivity contribution in [3.05, 3.63) is 96.5 Å². The summed E-state index contributed by atoms with van der Waals surface area (Å²) in [6.07, 6.45) is 1.50. The highest BCUT2D eigenvalue weighted by molar-refractivity contribution is 14.1. The third kappa shape index (κ3) is 7.38. The molecule has 170 valence electrons. The Morgan fingerprint density at radius 2 is 1.73 bits per heavy atom. The van der Waals surface area contributed by atoms with E-state index in [0.717, 1.165) is 25.5 Å². The zero-order valence-corrected chi connectivity index (χ0v) is 22.0. The van der Waals surface area contributed by atoms with Gasteiger partial charge in [0, 0.05) is 32.3 Å². The zero-order valence-electron chi connectivity index (χ0n) is 17.5. The number of anilines is 1. The number of amides is 2. The Kier molecular flexibility index (Phi) is 9.46. The molecule has 0 aromatic heterocycles. The number of nitrogens with one attached hydrogen (secondary N) is 2. The Hall–Kier alpha value is -2.23. The molecule has 2 N–H and O–H groups in total. The highest BCUT2D eigenvalue weighted by atomic mass is 127. The van der Waals surface area contributed by atoms with Crippen molar-refractivity contribution in [2.24, 2.45) is 0 Å². The molecule has 3 aromatic rings. The lowest BCUT2D eigenvalue weighted by Gasteiger charge is -2.18. The second-order valence-electron chi connectivity index (χ2n) is 7.33. The van der Waals surface area contributed by atoms with Crippen molar-refractivity contribution in [2.45, 2.75) is 18.8 Å². The molecule has 0 aliphatic heterocycles. The van der Waals surface area contributed by atoms with Crippen LogP contribution in [0.15, 0.2) is 71.2 Å². The summed E-state index contributed by atoms with van der Waals surface area (Å²) in [5.41, 5.74) is 2.93. The van der Waals surface area contributed by atoms with Gasteiger partial charge in [-0.2, -0.15) is 0 Å².